The fourth-order valence-electron chi connectivity index (χ4n) is 4.26. The third-order valence-corrected chi connectivity index (χ3v) is 6.04. The second-order valence-electron chi connectivity index (χ2n) is 7.76. The van der Waals surface area contributed by atoms with Gasteiger partial charge < -0.3 is 20.3 Å². The van der Waals surface area contributed by atoms with E-state index in [0.717, 1.165) is 50.1 Å². The Hall–Kier alpha value is -2.24. The fourth-order valence-corrected chi connectivity index (χ4v) is 4.44. The van der Waals surface area contributed by atoms with Crippen LogP contribution in [0.3, 0.4) is 0 Å². The monoisotopic (exact) mass is 412 g/mol. The van der Waals surface area contributed by atoms with Crippen molar-refractivity contribution < 1.29 is 4.74 Å². The molecule has 0 aliphatic carbocycles. The number of benzene rings is 2. The molecule has 154 valence electrons. The molecule has 2 aromatic rings. The Kier molecular flexibility index (Phi) is 6.57. The number of nitrogens with one attached hydrogen (secondary N) is 2. The molecule has 29 heavy (non-hydrogen) atoms. The number of hydrogen-bond acceptors (Lipinski definition) is 3. The lowest BCUT2D eigenvalue weighted by molar-refractivity contribution is 0.0915. The van der Waals surface area contributed by atoms with Gasteiger partial charge in [0.15, 0.2) is 5.96 Å². The molecule has 0 aromatic heterocycles. The summed E-state index contributed by atoms with van der Waals surface area (Å²) in [4.78, 5) is 6.80. The summed E-state index contributed by atoms with van der Waals surface area (Å²) in [5.41, 5.74) is 2.44. The van der Waals surface area contributed by atoms with Gasteiger partial charge in [-0.2, -0.15) is 0 Å². The maximum Gasteiger partial charge on any atom is 0.191 e. The minimum atomic E-state index is 0.159. The molecular formula is C23H29ClN4O. The average molecular weight is 413 g/mol. The maximum absolute atomic E-state index is 6.14. The summed E-state index contributed by atoms with van der Waals surface area (Å²) in [6.45, 7) is 3.63. The molecule has 5 nitrogen and oxygen atoms in total. The first-order chi connectivity index (χ1) is 14.2. The Labute approximate surface area is 178 Å². The summed E-state index contributed by atoms with van der Waals surface area (Å²) >= 11 is 6.14. The van der Waals surface area contributed by atoms with Gasteiger partial charge in [0.25, 0.3) is 0 Å². The van der Waals surface area contributed by atoms with Crippen molar-refractivity contribution in [2.75, 3.05) is 38.2 Å². The van der Waals surface area contributed by atoms with Crippen LogP contribution in [0.4, 0.5) is 5.69 Å². The van der Waals surface area contributed by atoms with Crippen LogP contribution in [0.2, 0.25) is 5.02 Å². The van der Waals surface area contributed by atoms with Crippen LogP contribution in [0, 0.1) is 5.92 Å². The second-order valence-corrected chi connectivity index (χ2v) is 8.20. The maximum atomic E-state index is 6.14. The standard InChI is InChI=1S/C23H29ClN4O/c1-25-23(26-15-18-11-13-29-22(18)17-6-3-2-4-7-17)27-20-10-12-28(16-20)21-9-5-8-19(24)14-21/h2-9,14,18,20,22H,10-13,15-16H2,1H3,(H2,25,26,27). The third-order valence-electron chi connectivity index (χ3n) is 5.80. The molecule has 0 saturated carbocycles. The smallest absolute Gasteiger partial charge is 0.191 e. The van der Waals surface area contributed by atoms with E-state index in [1.807, 2.05) is 31.3 Å². The van der Waals surface area contributed by atoms with Gasteiger partial charge in [0.05, 0.1) is 6.10 Å². The number of halogens is 1. The van der Waals surface area contributed by atoms with E-state index in [0.29, 0.717) is 12.0 Å². The van der Waals surface area contributed by atoms with E-state index >= 15 is 0 Å². The summed E-state index contributed by atoms with van der Waals surface area (Å²) in [6.07, 6.45) is 2.30. The van der Waals surface area contributed by atoms with Gasteiger partial charge in [-0.1, -0.05) is 48.0 Å². The average Bonchev–Trinajstić information content (AvgIpc) is 3.41. The lowest BCUT2D eigenvalue weighted by atomic mass is 9.95. The molecule has 2 aliphatic rings. The van der Waals surface area contributed by atoms with Crippen molar-refractivity contribution in [3.63, 3.8) is 0 Å². The van der Waals surface area contributed by atoms with Crippen molar-refractivity contribution in [2.24, 2.45) is 10.9 Å². The molecule has 3 unspecified atom stereocenters. The van der Waals surface area contributed by atoms with E-state index in [1.165, 1.54) is 11.3 Å². The van der Waals surface area contributed by atoms with Crippen LogP contribution in [0.15, 0.2) is 59.6 Å². The topological polar surface area (TPSA) is 48.9 Å². The third kappa shape index (κ3) is 5.03. The predicted molar refractivity (Wildman–Crippen MR) is 120 cm³/mol. The van der Waals surface area contributed by atoms with E-state index < -0.39 is 0 Å². The van der Waals surface area contributed by atoms with E-state index in [-0.39, 0.29) is 6.10 Å². The minimum absolute atomic E-state index is 0.159. The SMILES string of the molecule is CN=C(NCC1CCOC1c1ccccc1)NC1CCN(c2cccc(Cl)c2)C1. The van der Waals surface area contributed by atoms with E-state index in [2.05, 4.69) is 50.9 Å². The number of guanidine groups is 1. The van der Waals surface area contributed by atoms with Crippen molar-refractivity contribution in [1.29, 1.82) is 0 Å². The van der Waals surface area contributed by atoms with E-state index in [1.54, 1.807) is 0 Å². The van der Waals surface area contributed by atoms with E-state index in [9.17, 15) is 0 Å². The highest BCUT2D eigenvalue weighted by molar-refractivity contribution is 6.30. The summed E-state index contributed by atoms with van der Waals surface area (Å²) in [6, 6.07) is 18.9. The molecule has 0 amide bonds. The molecule has 2 N–H and O–H groups in total. The van der Waals surface area contributed by atoms with Crippen molar-refractivity contribution >= 4 is 23.2 Å². The Bertz CT molecular complexity index is 829. The van der Waals surface area contributed by atoms with Gasteiger partial charge in [-0.05, 0) is 36.6 Å². The molecule has 0 radical (unpaired) electrons. The van der Waals surface area contributed by atoms with Gasteiger partial charge in [0, 0.05) is 56.0 Å². The summed E-state index contributed by atoms with van der Waals surface area (Å²) in [7, 11) is 1.83. The summed E-state index contributed by atoms with van der Waals surface area (Å²) in [5, 5.41) is 7.88. The fraction of sp³-hybridized carbons (Fsp3) is 0.435. The normalized spacial score (nSPS) is 24.7. The summed E-state index contributed by atoms with van der Waals surface area (Å²) < 4.78 is 6.01. The Balaban J connectivity index is 1.29. The lowest BCUT2D eigenvalue weighted by Crippen LogP contribution is -2.46. The number of nitrogens with zero attached hydrogens (tertiary/aromatic N) is 2. The van der Waals surface area contributed by atoms with Gasteiger partial charge in [0.2, 0.25) is 0 Å². The molecule has 3 atom stereocenters. The van der Waals surface area contributed by atoms with Crippen LogP contribution in [-0.4, -0.2) is 45.3 Å². The van der Waals surface area contributed by atoms with Gasteiger partial charge in [0.1, 0.15) is 0 Å². The summed E-state index contributed by atoms with van der Waals surface area (Å²) in [5.74, 6) is 1.31. The minimum Gasteiger partial charge on any atom is -0.373 e. The highest BCUT2D eigenvalue weighted by Gasteiger charge is 2.30. The van der Waals surface area contributed by atoms with Crippen molar-refractivity contribution in [3.05, 3.63) is 65.2 Å². The Morgan fingerprint density at radius 1 is 1.17 bits per heavy atom. The number of hydrogen-bond donors (Lipinski definition) is 2. The van der Waals surface area contributed by atoms with Crippen molar-refractivity contribution in [2.45, 2.75) is 25.0 Å². The molecule has 2 aliphatic heterocycles. The highest BCUT2D eigenvalue weighted by atomic mass is 35.5. The first kappa shape index (κ1) is 20.0. The Morgan fingerprint density at radius 2 is 2.03 bits per heavy atom. The molecule has 2 aromatic carbocycles. The van der Waals surface area contributed by atoms with Crippen LogP contribution in [0.25, 0.3) is 0 Å². The number of anilines is 1. The van der Waals surface area contributed by atoms with Crippen LogP contribution in [0.1, 0.15) is 24.5 Å². The molecular weight excluding hydrogens is 384 g/mol. The van der Waals surface area contributed by atoms with Crippen LogP contribution in [-0.2, 0) is 4.74 Å². The zero-order valence-electron chi connectivity index (χ0n) is 16.9. The molecule has 0 spiro atoms. The van der Waals surface area contributed by atoms with Gasteiger partial charge in [-0.3, -0.25) is 4.99 Å². The van der Waals surface area contributed by atoms with E-state index in [4.69, 9.17) is 16.3 Å². The largest absolute Gasteiger partial charge is 0.373 e. The predicted octanol–water partition coefficient (Wildman–Crippen LogP) is 3.86. The second kappa shape index (κ2) is 9.51. The number of ether oxygens (including phenoxy) is 1. The highest BCUT2D eigenvalue weighted by Crippen LogP contribution is 2.33. The first-order valence-corrected chi connectivity index (χ1v) is 10.7. The lowest BCUT2D eigenvalue weighted by Gasteiger charge is -2.23. The molecule has 2 saturated heterocycles. The van der Waals surface area contributed by atoms with Crippen LogP contribution >= 0.6 is 11.6 Å². The molecule has 2 heterocycles. The quantitative estimate of drug-likeness (QED) is 0.578. The number of aliphatic imine (C=N–C) groups is 1. The van der Waals surface area contributed by atoms with Gasteiger partial charge in [-0.25, -0.2) is 0 Å². The Morgan fingerprint density at radius 3 is 2.83 bits per heavy atom. The molecule has 2 fully saturated rings. The van der Waals surface area contributed by atoms with Crippen molar-refractivity contribution in [3.8, 4) is 0 Å². The molecule has 4 rings (SSSR count). The van der Waals surface area contributed by atoms with Gasteiger partial charge in [-0.15, -0.1) is 0 Å². The van der Waals surface area contributed by atoms with Crippen LogP contribution < -0.4 is 15.5 Å². The van der Waals surface area contributed by atoms with Crippen molar-refractivity contribution in [1.82, 2.24) is 10.6 Å². The zero-order valence-corrected chi connectivity index (χ0v) is 17.6. The number of rotatable bonds is 5. The zero-order chi connectivity index (χ0) is 20.1. The van der Waals surface area contributed by atoms with Crippen LogP contribution in [0.5, 0.6) is 0 Å². The molecule has 0 bridgehead atoms. The molecule has 6 heteroatoms. The van der Waals surface area contributed by atoms with Gasteiger partial charge >= 0.3 is 0 Å². The first-order valence-electron chi connectivity index (χ1n) is 10.4.